The van der Waals surface area contributed by atoms with E-state index in [4.69, 9.17) is 9.15 Å². The maximum absolute atomic E-state index is 13.4. The number of furan rings is 1. The number of carbonyl (C=O) groups excluding carboxylic acids is 3. The lowest BCUT2D eigenvalue weighted by molar-refractivity contribution is -0.141. The molecule has 0 bridgehead atoms. The summed E-state index contributed by atoms with van der Waals surface area (Å²) in [6, 6.07) is 11.6. The molecule has 2 N–H and O–H groups in total. The van der Waals surface area contributed by atoms with Crippen molar-refractivity contribution >= 4 is 17.7 Å². The molecule has 0 radical (unpaired) electrons. The van der Waals surface area contributed by atoms with Crippen molar-refractivity contribution in [1.29, 1.82) is 0 Å². The molecule has 8 heteroatoms. The molecule has 1 saturated carbocycles. The third-order valence-corrected chi connectivity index (χ3v) is 5.63. The number of rotatable bonds is 10. The molecular formula is C24H31N3O5. The first kappa shape index (κ1) is 23.5. The van der Waals surface area contributed by atoms with Crippen molar-refractivity contribution in [3.63, 3.8) is 0 Å². The van der Waals surface area contributed by atoms with Crippen LogP contribution in [0, 0.1) is 0 Å². The summed E-state index contributed by atoms with van der Waals surface area (Å²) in [5.74, 6) is -0.964. The summed E-state index contributed by atoms with van der Waals surface area (Å²) in [6.07, 6.45) is 6.64. The topological polar surface area (TPSA) is 101 Å². The fourth-order valence-corrected chi connectivity index (χ4v) is 3.97. The average molecular weight is 442 g/mol. The SMILES string of the molecule is COCCN(C(=O)CNC(=O)c1ccco1)C(C(=O)NC1CCCCC1)c1ccccc1. The fourth-order valence-electron chi connectivity index (χ4n) is 3.97. The Hall–Kier alpha value is -3.13. The molecule has 1 fully saturated rings. The van der Waals surface area contributed by atoms with E-state index in [1.165, 1.54) is 23.7 Å². The van der Waals surface area contributed by atoms with Crippen molar-refractivity contribution < 1.29 is 23.5 Å². The number of carbonyl (C=O) groups is 3. The van der Waals surface area contributed by atoms with Crippen molar-refractivity contribution in [2.75, 3.05) is 26.8 Å². The summed E-state index contributed by atoms with van der Waals surface area (Å²) in [5.41, 5.74) is 0.711. The van der Waals surface area contributed by atoms with Crippen LogP contribution in [0.25, 0.3) is 0 Å². The molecule has 0 spiro atoms. The van der Waals surface area contributed by atoms with E-state index in [0.29, 0.717) is 5.56 Å². The van der Waals surface area contributed by atoms with E-state index in [1.807, 2.05) is 30.3 Å². The smallest absolute Gasteiger partial charge is 0.287 e. The minimum atomic E-state index is -0.818. The number of nitrogens with one attached hydrogen (secondary N) is 2. The van der Waals surface area contributed by atoms with Crippen LogP contribution in [0.4, 0.5) is 0 Å². The largest absolute Gasteiger partial charge is 0.459 e. The number of nitrogens with zero attached hydrogens (tertiary/aromatic N) is 1. The molecule has 1 atom stereocenters. The highest BCUT2D eigenvalue weighted by molar-refractivity contribution is 5.95. The lowest BCUT2D eigenvalue weighted by atomic mass is 9.94. The van der Waals surface area contributed by atoms with Gasteiger partial charge in [-0.2, -0.15) is 0 Å². The van der Waals surface area contributed by atoms with Gasteiger partial charge in [-0.05, 0) is 30.5 Å². The maximum atomic E-state index is 13.4. The highest BCUT2D eigenvalue weighted by atomic mass is 16.5. The highest BCUT2D eigenvalue weighted by Crippen LogP contribution is 2.24. The molecule has 0 aliphatic heterocycles. The molecule has 0 saturated heterocycles. The second-order valence-electron chi connectivity index (χ2n) is 7.90. The van der Waals surface area contributed by atoms with Crippen LogP contribution in [0.1, 0.15) is 54.3 Å². The van der Waals surface area contributed by atoms with Gasteiger partial charge >= 0.3 is 0 Å². The minimum Gasteiger partial charge on any atom is -0.459 e. The summed E-state index contributed by atoms with van der Waals surface area (Å²) in [7, 11) is 1.54. The molecule has 1 aromatic heterocycles. The Balaban J connectivity index is 1.78. The van der Waals surface area contributed by atoms with E-state index in [2.05, 4.69) is 10.6 Å². The molecule has 1 heterocycles. The van der Waals surface area contributed by atoms with E-state index < -0.39 is 11.9 Å². The first-order chi connectivity index (χ1) is 15.6. The fraction of sp³-hybridized carbons (Fsp3) is 0.458. The van der Waals surface area contributed by atoms with E-state index in [0.717, 1.165) is 25.7 Å². The van der Waals surface area contributed by atoms with Crippen molar-refractivity contribution in [3.05, 3.63) is 60.1 Å². The lowest BCUT2D eigenvalue weighted by Gasteiger charge is -2.33. The molecular weight excluding hydrogens is 410 g/mol. The van der Waals surface area contributed by atoms with Gasteiger partial charge in [0.1, 0.15) is 6.04 Å². The first-order valence-corrected chi connectivity index (χ1v) is 11.1. The van der Waals surface area contributed by atoms with E-state index >= 15 is 0 Å². The van der Waals surface area contributed by atoms with Gasteiger partial charge in [0.15, 0.2) is 5.76 Å². The maximum Gasteiger partial charge on any atom is 0.287 e. The summed E-state index contributed by atoms with van der Waals surface area (Å²) < 4.78 is 10.3. The van der Waals surface area contributed by atoms with E-state index in [1.54, 1.807) is 13.2 Å². The van der Waals surface area contributed by atoms with Gasteiger partial charge in [0, 0.05) is 19.7 Å². The molecule has 8 nitrogen and oxygen atoms in total. The van der Waals surface area contributed by atoms with Gasteiger partial charge in [-0.25, -0.2) is 0 Å². The quantitative estimate of drug-likeness (QED) is 0.590. The Bertz CT molecular complexity index is 863. The zero-order chi connectivity index (χ0) is 22.8. The number of hydrogen-bond donors (Lipinski definition) is 2. The van der Waals surface area contributed by atoms with Gasteiger partial charge in [0.25, 0.3) is 5.91 Å². The zero-order valence-electron chi connectivity index (χ0n) is 18.4. The number of amides is 3. The van der Waals surface area contributed by atoms with E-state index in [9.17, 15) is 14.4 Å². The van der Waals surface area contributed by atoms with Crippen molar-refractivity contribution in [3.8, 4) is 0 Å². The summed E-state index contributed by atoms with van der Waals surface area (Å²) in [4.78, 5) is 40.3. The highest BCUT2D eigenvalue weighted by Gasteiger charge is 2.32. The van der Waals surface area contributed by atoms with Crippen LogP contribution in [0.3, 0.4) is 0 Å². The molecule has 3 rings (SSSR count). The molecule has 1 aromatic carbocycles. The van der Waals surface area contributed by atoms with Gasteiger partial charge in [-0.3, -0.25) is 14.4 Å². The van der Waals surface area contributed by atoms with Crippen LogP contribution in [-0.2, 0) is 14.3 Å². The molecule has 32 heavy (non-hydrogen) atoms. The van der Waals surface area contributed by atoms with Crippen LogP contribution in [-0.4, -0.2) is 55.5 Å². The summed E-state index contributed by atoms with van der Waals surface area (Å²) >= 11 is 0. The Kier molecular flexibility index (Phi) is 8.86. The Morgan fingerprint density at radius 2 is 1.84 bits per heavy atom. The van der Waals surface area contributed by atoms with Crippen LogP contribution in [0.2, 0.25) is 0 Å². The lowest BCUT2D eigenvalue weighted by Crippen LogP contribution is -2.50. The second-order valence-corrected chi connectivity index (χ2v) is 7.90. The van der Waals surface area contributed by atoms with Crippen LogP contribution in [0.15, 0.2) is 53.1 Å². The van der Waals surface area contributed by atoms with Gasteiger partial charge < -0.3 is 24.7 Å². The van der Waals surface area contributed by atoms with Crippen molar-refractivity contribution in [2.24, 2.45) is 0 Å². The van der Waals surface area contributed by atoms with Gasteiger partial charge in [-0.15, -0.1) is 0 Å². The standard InChI is InChI=1S/C24H31N3O5/c1-31-16-14-27(21(28)17-25-23(29)20-13-8-15-32-20)22(18-9-4-2-5-10-18)24(30)26-19-11-6-3-7-12-19/h2,4-5,8-10,13,15,19,22H,3,6-7,11-12,14,16-17H2,1H3,(H,25,29)(H,26,30). The number of benzene rings is 1. The van der Waals surface area contributed by atoms with Gasteiger partial charge in [0.2, 0.25) is 11.8 Å². The Morgan fingerprint density at radius 3 is 2.50 bits per heavy atom. The molecule has 1 aliphatic rings. The Morgan fingerprint density at radius 1 is 1.09 bits per heavy atom. The monoisotopic (exact) mass is 441 g/mol. The van der Waals surface area contributed by atoms with Crippen molar-refractivity contribution in [2.45, 2.75) is 44.2 Å². The van der Waals surface area contributed by atoms with E-state index in [-0.39, 0.29) is 43.3 Å². The Labute approximate surface area is 188 Å². The number of hydrogen-bond acceptors (Lipinski definition) is 5. The van der Waals surface area contributed by atoms with Crippen molar-refractivity contribution in [1.82, 2.24) is 15.5 Å². The molecule has 2 aromatic rings. The average Bonchev–Trinajstić information content (AvgIpc) is 3.36. The molecule has 1 aliphatic carbocycles. The van der Waals surface area contributed by atoms with Gasteiger partial charge in [-0.1, -0.05) is 49.6 Å². The number of ether oxygens (including phenoxy) is 1. The zero-order valence-corrected chi connectivity index (χ0v) is 18.4. The molecule has 1 unspecified atom stereocenters. The van der Waals surface area contributed by atoms with Gasteiger partial charge in [0.05, 0.1) is 19.4 Å². The molecule has 172 valence electrons. The third-order valence-electron chi connectivity index (χ3n) is 5.63. The number of methoxy groups -OCH3 is 1. The van der Waals surface area contributed by atoms with Crippen LogP contribution < -0.4 is 10.6 Å². The predicted octanol–water partition coefficient (Wildman–Crippen LogP) is 2.67. The minimum absolute atomic E-state index is 0.112. The molecule has 3 amide bonds. The summed E-state index contributed by atoms with van der Waals surface area (Å²) in [5, 5.41) is 5.71. The second kappa shape index (κ2) is 12.0. The normalized spacial score (nSPS) is 15.0. The third kappa shape index (κ3) is 6.43. The predicted molar refractivity (Wildman–Crippen MR) is 119 cm³/mol. The van der Waals surface area contributed by atoms with Crippen LogP contribution in [0.5, 0.6) is 0 Å². The van der Waals surface area contributed by atoms with Crippen LogP contribution >= 0.6 is 0 Å². The summed E-state index contributed by atoms with van der Waals surface area (Å²) in [6.45, 7) is 0.213. The first-order valence-electron chi connectivity index (χ1n) is 11.1.